The van der Waals surface area contributed by atoms with Gasteiger partial charge in [-0.15, -0.1) is 0 Å². The second kappa shape index (κ2) is 5.01. The Morgan fingerprint density at radius 3 is 2.78 bits per heavy atom. The maximum Gasteiger partial charge on any atom is 0.311 e. The fourth-order valence-corrected chi connectivity index (χ4v) is 1.57. The first-order valence-electron chi connectivity index (χ1n) is 5.12. The van der Waals surface area contributed by atoms with Gasteiger partial charge in [0.25, 0.3) is 0 Å². The van der Waals surface area contributed by atoms with E-state index in [1.807, 2.05) is 0 Å². The number of nitro groups is 1. The van der Waals surface area contributed by atoms with Gasteiger partial charge in [0, 0.05) is 12.1 Å². The highest BCUT2D eigenvalue weighted by Crippen LogP contribution is 2.31. The minimum atomic E-state index is -0.493. The summed E-state index contributed by atoms with van der Waals surface area (Å²) in [5, 5.41) is 11.2. The third-order valence-corrected chi connectivity index (χ3v) is 2.43. The van der Waals surface area contributed by atoms with Crippen LogP contribution >= 0.6 is 11.6 Å². The summed E-state index contributed by atoms with van der Waals surface area (Å²) in [5.41, 5.74) is 0.685. The summed E-state index contributed by atoms with van der Waals surface area (Å²) in [6.45, 7) is 1.77. The van der Waals surface area contributed by atoms with Crippen molar-refractivity contribution in [1.82, 2.24) is 4.98 Å². The molecule has 0 spiro atoms. The number of aryl methyl sites for hydroxylation is 1. The van der Waals surface area contributed by atoms with Crippen molar-refractivity contribution < 1.29 is 9.66 Å². The monoisotopic (exact) mass is 264 g/mol. The van der Waals surface area contributed by atoms with Gasteiger partial charge in [0.2, 0.25) is 11.6 Å². The molecular weight excluding hydrogens is 256 g/mol. The number of benzene rings is 1. The van der Waals surface area contributed by atoms with Crippen LogP contribution in [0, 0.1) is 17.0 Å². The Hall–Kier alpha value is -2.14. The highest BCUT2D eigenvalue weighted by Gasteiger charge is 2.16. The molecule has 0 radical (unpaired) electrons. The summed E-state index contributed by atoms with van der Waals surface area (Å²) in [7, 11) is 0. The third kappa shape index (κ3) is 2.75. The Labute approximate surface area is 108 Å². The van der Waals surface area contributed by atoms with Crippen LogP contribution < -0.4 is 4.74 Å². The number of hydrogen-bond acceptors (Lipinski definition) is 4. The number of hydrogen-bond donors (Lipinski definition) is 0. The molecule has 0 fully saturated rings. The first-order valence-corrected chi connectivity index (χ1v) is 5.49. The molecule has 1 aromatic carbocycles. The van der Waals surface area contributed by atoms with Gasteiger partial charge in [-0.3, -0.25) is 10.1 Å². The summed E-state index contributed by atoms with van der Waals surface area (Å²) >= 11 is 5.71. The van der Waals surface area contributed by atoms with Gasteiger partial charge in [-0.2, -0.15) is 0 Å². The van der Waals surface area contributed by atoms with Crippen molar-refractivity contribution >= 4 is 17.3 Å². The van der Waals surface area contributed by atoms with Crippen molar-refractivity contribution in [3.63, 3.8) is 0 Å². The Bertz CT molecular complexity index is 602. The van der Waals surface area contributed by atoms with Crippen LogP contribution in [-0.2, 0) is 0 Å². The lowest BCUT2D eigenvalue weighted by Crippen LogP contribution is -1.95. The molecule has 2 aromatic rings. The highest BCUT2D eigenvalue weighted by atomic mass is 35.5. The zero-order valence-corrected chi connectivity index (χ0v) is 10.2. The van der Waals surface area contributed by atoms with Crippen molar-refractivity contribution in [2.75, 3.05) is 0 Å². The number of rotatable bonds is 3. The Morgan fingerprint density at radius 2 is 2.11 bits per heavy atom. The molecule has 2 rings (SSSR count). The van der Waals surface area contributed by atoms with E-state index in [4.69, 9.17) is 16.3 Å². The second-order valence-corrected chi connectivity index (χ2v) is 4.02. The molecule has 0 N–H and O–H groups in total. The summed E-state index contributed by atoms with van der Waals surface area (Å²) in [5.74, 6) is 0.356. The number of nitrogens with zero attached hydrogens (tertiary/aromatic N) is 2. The number of aromatic nitrogens is 1. The van der Waals surface area contributed by atoms with Gasteiger partial charge in [0.15, 0.2) is 0 Å². The fraction of sp³-hybridized carbons (Fsp3) is 0.0833. The number of nitro benzene ring substituents is 1. The van der Waals surface area contributed by atoms with Gasteiger partial charge in [-0.1, -0.05) is 23.7 Å². The number of halogens is 1. The zero-order valence-electron chi connectivity index (χ0n) is 9.46. The quantitative estimate of drug-likeness (QED) is 0.481. The largest absolute Gasteiger partial charge is 0.432 e. The van der Waals surface area contributed by atoms with Crippen LogP contribution in [0.4, 0.5) is 5.69 Å². The van der Waals surface area contributed by atoms with Crippen molar-refractivity contribution in [1.29, 1.82) is 0 Å². The average Bonchev–Trinajstić information content (AvgIpc) is 2.31. The summed E-state index contributed by atoms with van der Waals surface area (Å²) in [6.07, 6.45) is 0. The van der Waals surface area contributed by atoms with E-state index in [0.717, 1.165) is 5.56 Å². The van der Waals surface area contributed by atoms with Gasteiger partial charge < -0.3 is 4.74 Å². The fourth-order valence-electron chi connectivity index (χ4n) is 1.42. The molecule has 0 saturated carbocycles. The second-order valence-electron chi connectivity index (χ2n) is 3.63. The maximum absolute atomic E-state index is 10.9. The lowest BCUT2D eigenvalue weighted by Gasteiger charge is -2.06. The maximum atomic E-state index is 10.9. The van der Waals surface area contributed by atoms with Crippen molar-refractivity contribution in [2.24, 2.45) is 0 Å². The summed E-state index contributed by atoms with van der Waals surface area (Å²) < 4.78 is 5.37. The minimum Gasteiger partial charge on any atom is -0.432 e. The topological polar surface area (TPSA) is 65.3 Å². The van der Waals surface area contributed by atoms with E-state index in [0.29, 0.717) is 0 Å². The van der Waals surface area contributed by atoms with Crippen molar-refractivity contribution in [2.45, 2.75) is 6.92 Å². The van der Waals surface area contributed by atoms with Gasteiger partial charge in [0.05, 0.1) is 4.92 Å². The molecule has 0 aliphatic heterocycles. The van der Waals surface area contributed by atoms with Crippen LogP contribution in [0.2, 0.25) is 5.15 Å². The van der Waals surface area contributed by atoms with E-state index in [-0.39, 0.29) is 22.5 Å². The normalized spacial score (nSPS) is 10.1. The van der Waals surface area contributed by atoms with E-state index < -0.39 is 4.92 Å². The first kappa shape index (κ1) is 12.3. The Balaban J connectivity index is 2.37. The molecular formula is C12H9ClN2O3. The molecule has 0 aliphatic carbocycles. The molecule has 0 amide bonds. The van der Waals surface area contributed by atoms with Gasteiger partial charge in [0.1, 0.15) is 5.15 Å². The van der Waals surface area contributed by atoms with E-state index in [2.05, 4.69) is 4.98 Å². The lowest BCUT2D eigenvalue weighted by molar-refractivity contribution is -0.385. The smallest absolute Gasteiger partial charge is 0.311 e. The minimum absolute atomic E-state index is 0.100. The van der Waals surface area contributed by atoms with Gasteiger partial charge in [-0.25, -0.2) is 4.98 Å². The Kier molecular flexibility index (Phi) is 3.43. The molecule has 6 heteroatoms. The SMILES string of the molecule is Cc1ccc(Oc2cccc(Cl)n2)c([N+](=O)[O-])c1. The van der Waals surface area contributed by atoms with Gasteiger partial charge >= 0.3 is 5.69 Å². The highest BCUT2D eigenvalue weighted by molar-refractivity contribution is 6.29. The van der Waals surface area contributed by atoms with E-state index in [1.165, 1.54) is 12.1 Å². The van der Waals surface area contributed by atoms with Crippen LogP contribution in [0.3, 0.4) is 0 Å². The van der Waals surface area contributed by atoms with E-state index >= 15 is 0 Å². The molecule has 18 heavy (non-hydrogen) atoms. The predicted molar refractivity (Wildman–Crippen MR) is 67.2 cm³/mol. The Morgan fingerprint density at radius 1 is 1.33 bits per heavy atom. The molecule has 92 valence electrons. The lowest BCUT2D eigenvalue weighted by atomic mass is 10.2. The van der Waals surface area contributed by atoms with E-state index in [9.17, 15) is 10.1 Å². The molecule has 0 saturated heterocycles. The van der Waals surface area contributed by atoms with Crippen LogP contribution in [0.1, 0.15) is 5.56 Å². The molecule has 0 atom stereocenters. The van der Waals surface area contributed by atoms with Crippen LogP contribution in [-0.4, -0.2) is 9.91 Å². The first-order chi connectivity index (χ1) is 8.56. The van der Waals surface area contributed by atoms with Crippen molar-refractivity contribution in [3.05, 3.63) is 57.2 Å². The van der Waals surface area contributed by atoms with Crippen LogP contribution in [0.25, 0.3) is 0 Å². The zero-order chi connectivity index (χ0) is 13.1. The molecule has 0 bridgehead atoms. The molecule has 0 aliphatic rings. The number of pyridine rings is 1. The standard InChI is InChI=1S/C12H9ClN2O3/c1-8-5-6-10(9(7-8)15(16)17)18-12-4-2-3-11(13)14-12/h2-7H,1H3. The number of ether oxygens (including phenoxy) is 1. The average molecular weight is 265 g/mol. The predicted octanol–water partition coefficient (Wildman–Crippen LogP) is 3.74. The third-order valence-electron chi connectivity index (χ3n) is 2.22. The van der Waals surface area contributed by atoms with Crippen LogP contribution in [0.15, 0.2) is 36.4 Å². The van der Waals surface area contributed by atoms with E-state index in [1.54, 1.807) is 31.2 Å². The van der Waals surface area contributed by atoms with Gasteiger partial charge in [-0.05, 0) is 24.6 Å². The van der Waals surface area contributed by atoms with Crippen molar-refractivity contribution in [3.8, 4) is 11.6 Å². The molecule has 5 nitrogen and oxygen atoms in total. The van der Waals surface area contributed by atoms with Crippen LogP contribution in [0.5, 0.6) is 11.6 Å². The summed E-state index contributed by atoms with van der Waals surface area (Å²) in [6, 6.07) is 9.54. The molecule has 1 aromatic heterocycles. The summed E-state index contributed by atoms with van der Waals surface area (Å²) in [4.78, 5) is 14.3. The molecule has 1 heterocycles. The molecule has 0 unspecified atom stereocenters.